The van der Waals surface area contributed by atoms with E-state index in [9.17, 15) is 26.7 Å². The second-order valence-electron chi connectivity index (χ2n) is 4.77. The summed E-state index contributed by atoms with van der Waals surface area (Å²) in [6.07, 6.45) is -5.81. The first-order chi connectivity index (χ1) is 12.0. The summed E-state index contributed by atoms with van der Waals surface area (Å²) in [7, 11) is 0. The number of hydrogen-bond donors (Lipinski definition) is 2. The Morgan fingerprint density at radius 3 is 2.19 bits per heavy atom. The molecule has 26 heavy (non-hydrogen) atoms. The molecule has 6 nitrogen and oxygen atoms in total. The quantitative estimate of drug-likeness (QED) is 0.405. The Morgan fingerprint density at radius 2 is 1.69 bits per heavy atom. The van der Waals surface area contributed by atoms with Crippen molar-refractivity contribution in [1.29, 1.82) is 0 Å². The predicted molar refractivity (Wildman–Crippen MR) is 84.9 cm³/mol. The number of alkyl halides is 5. The Hall–Kier alpha value is -2.08. The zero-order valence-corrected chi connectivity index (χ0v) is 14.7. The number of anilines is 1. The molecule has 0 saturated carbocycles. The summed E-state index contributed by atoms with van der Waals surface area (Å²) in [6, 6.07) is 2.52. The summed E-state index contributed by atoms with van der Waals surface area (Å²) in [5.74, 6) is -6.55. The molecule has 0 aliphatic heterocycles. The molecule has 2 aromatic rings. The molecular weight excluding hydrogens is 453 g/mol. The third kappa shape index (κ3) is 4.75. The van der Waals surface area contributed by atoms with Crippen molar-refractivity contribution in [2.24, 2.45) is 0 Å². The predicted octanol–water partition coefficient (Wildman–Crippen LogP) is 3.65. The van der Waals surface area contributed by atoms with Crippen molar-refractivity contribution >= 4 is 39.1 Å². The lowest BCUT2D eigenvalue weighted by atomic mass is 10.2. The fraction of sp³-hybridized carbons (Fsp3) is 0.231. The van der Waals surface area contributed by atoms with Crippen LogP contribution in [0.2, 0.25) is 5.28 Å². The second-order valence-corrected chi connectivity index (χ2v) is 6.03. The molecule has 140 valence electrons. The van der Waals surface area contributed by atoms with Crippen molar-refractivity contribution < 1.29 is 26.7 Å². The van der Waals surface area contributed by atoms with Gasteiger partial charge in [0.2, 0.25) is 5.28 Å². The number of carbonyl (C=O) groups is 1. The van der Waals surface area contributed by atoms with Crippen molar-refractivity contribution in [2.75, 3.05) is 5.32 Å². The molecule has 0 bridgehead atoms. The molecule has 0 radical (unpaired) electrons. The van der Waals surface area contributed by atoms with E-state index in [0.29, 0.717) is 4.47 Å². The molecule has 2 heterocycles. The Morgan fingerprint density at radius 1 is 1.08 bits per heavy atom. The number of amides is 1. The Labute approximate surface area is 156 Å². The largest absolute Gasteiger partial charge is 0.457 e. The maximum atomic E-state index is 13.8. The van der Waals surface area contributed by atoms with Crippen LogP contribution in [0, 0.1) is 0 Å². The molecule has 0 aromatic carbocycles. The Kier molecular flexibility index (Phi) is 5.96. The first kappa shape index (κ1) is 20.2. The highest BCUT2D eigenvalue weighted by Gasteiger charge is 2.63. The lowest BCUT2D eigenvalue weighted by molar-refractivity contribution is -0.289. The monoisotopic (exact) mass is 459 g/mol. The molecule has 1 atom stereocenters. The summed E-state index contributed by atoms with van der Waals surface area (Å²) in [5.41, 5.74) is -0.669. The number of halogens is 7. The van der Waals surface area contributed by atoms with Crippen molar-refractivity contribution in [3.05, 3.63) is 46.2 Å². The SMILES string of the molecule is O=C(NC(Nc1cnc(Cl)nc1)C(F)(F)C(F)(F)F)c1ccc(Br)cn1. The van der Waals surface area contributed by atoms with E-state index in [0.717, 1.165) is 18.5 Å². The van der Waals surface area contributed by atoms with Gasteiger partial charge in [-0.25, -0.2) is 15.0 Å². The van der Waals surface area contributed by atoms with E-state index in [1.54, 1.807) is 5.32 Å². The zero-order chi connectivity index (χ0) is 19.5. The maximum Gasteiger partial charge on any atom is 0.457 e. The number of rotatable bonds is 5. The summed E-state index contributed by atoms with van der Waals surface area (Å²) in [6.45, 7) is 0. The molecule has 1 unspecified atom stereocenters. The third-order valence-corrected chi connectivity index (χ3v) is 3.57. The van der Waals surface area contributed by atoms with Crippen molar-refractivity contribution in [3.8, 4) is 0 Å². The van der Waals surface area contributed by atoms with E-state index >= 15 is 0 Å². The van der Waals surface area contributed by atoms with Crippen molar-refractivity contribution in [3.63, 3.8) is 0 Å². The van der Waals surface area contributed by atoms with Crippen LogP contribution in [-0.2, 0) is 0 Å². The van der Waals surface area contributed by atoms with Crippen LogP contribution in [0.25, 0.3) is 0 Å². The lowest BCUT2D eigenvalue weighted by Gasteiger charge is -2.30. The van der Waals surface area contributed by atoms with Gasteiger partial charge in [0.05, 0.1) is 18.1 Å². The van der Waals surface area contributed by atoms with Gasteiger partial charge in [0, 0.05) is 10.7 Å². The number of hydrogen-bond acceptors (Lipinski definition) is 5. The highest BCUT2D eigenvalue weighted by atomic mass is 79.9. The van der Waals surface area contributed by atoms with Gasteiger partial charge in [-0.05, 0) is 39.7 Å². The van der Waals surface area contributed by atoms with Gasteiger partial charge in [-0.1, -0.05) is 0 Å². The Balaban J connectivity index is 2.29. The van der Waals surface area contributed by atoms with Crippen LogP contribution in [0.3, 0.4) is 0 Å². The van der Waals surface area contributed by atoms with Gasteiger partial charge in [0.1, 0.15) is 5.69 Å². The van der Waals surface area contributed by atoms with Crippen LogP contribution in [-0.4, -0.2) is 39.1 Å². The number of aromatic nitrogens is 3. The highest BCUT2D eigenvalue weighted by molar-refractivity contribution is 9.10. The number of carbonyl (C=O) groups excluding carboxylic acids is 1. The molecular formula is C13H8BrClF5N5O. The molecule has 0 fully saturated rings. The molecule has 0 aliphatic carbocycles. The average molecular weight is 461 g/mol. The minimum Gasteiger partial charge on any atom is -0.358 e. The van der Waals surface area contributed by atoms with E-state index in [1.807, 2.05) is 5.32 Å². The van der Waals surface area contributed by atoms with Crippen molar-refractivity contribution in [2.45, 2.75) is 18.3 Å². The molecule has 0 spiro atoms. The van der Waals surface area contributed by atoms with E-state index in [4.69, 9.17) is 11.6 Å². The molecule has 13 heteroatoms. The van der Waals surface area contributed by atoms with Crippen LogP contribution < -0.4 is 10.6 Å². The first-order valence-corrected chi connectivity index (χ1v) is 7.79. The van der Waals surface area contributed by atoms with Crippen LogP contribution in [0.1, 0.15) is 10.5 Å². The van der Waals surface area contributed by atoms with Crippen LogP contribution in [0.15, 0.2) is 35.2 Å². The molecule has 0 aliphatic rings. The summed E-state index contributed by atoms with van der Waals surface area (Å²) in [4.78, 5) is 22.6. The smallest absolute Gasteiger partial charge is 0.358 e. The number of pyridine rings is 1. The molecule has 2 rings (SSSR count). The van der Waals surface area contributed by atoms with Crippen LogP contribution >= 0.6 is 27.5 Å². The van der Waals surface area contributed by atoms with E-state index in [-0.39, 0.29) is 16.7 Å². The van der Waals surface area contributed by atoms with Crippen LogP contribution in [0.5, 0.6) is 0 Å². The van der Waals surface area contributed by atoms with Gasteiger partial charge < -0.3 is 10.6 Å². The van der Waals surface area contributed by atoms with Crippen molar-refractivity contribution in [1.82, 2.24) is 20.3 Å². The normalized spacial score (nSPS) is 13.2. The average Bonchev–Trinajstić information content (AvgIpc) is 2.55. The third-order valence-electron chi connectivity index (χ3n) is 2.91. The fourth-order valence-electron chi connectivity index (χ4n) is 1.65. The van der Waals surface area contributed by atoms with E-state index in [1.165, 1.54) is 12.3 Å². The van der Waals surface area contributed by atoms with Gasteiger partial charge in [-0.3, -0.25) is 4.79 Å². The zero-order valence-electron chi connectivity index (χ0n) is 12.4. The standard InChI is InChI=1S/C13H8BrClF5N5O/c14-6-1-2-8(21-3-6)9(26)25-10(12(16,17)13(18,19)20)24-7-4-22-11(15)23-5-7/h1-5,10,24H,(H,25,26). The summed E-state index contributed by atoms with van der Waals surface area (Å²) < 4.78 is 66.3. The van der Waals surface area contributed by atoms with E-state index < -0.39 is 24.2 Å². The molecule has 2 N–H and O–H groups in total. The maximum absolute atomic E-state index is 13.8. The second kappa shape index (κ2) is 7.66. The first-order valence-electron chi connectivity index (χ1n) is 6.62. The topological polar surface area (TPSA) is 79.8 Å². The minimum atomic E-state index is -5.93. The van der Waals surface area contributed by atoms with Gasteiger partial charge in [-0.15, -0.1) is 0 Å². The van der Waals surface area contributed by atoms with Gasteiger partial charge >= 0.3 is 12.1 Å². The van der Waals surface area contributed by atoms with Crippen LogP contribution in [0.4, 0.5) is 27.6 Å². The molecule has 0 saturated heterocycles. The van der Waals surface area contributed by atoms with E-state index in [2.05, 4.69) is 30.9 Å². The van der Waals surface area contributed by atoms with Gasteiger partial charge in [0.15, 0.2) is 6.17 Å². The summed E-state index contributed by atoms with van der Waals surface area (Å²) >= 11 is 8.48. The molecule has 2 aromatic heterocycles. The molecule has 1 amide bonds. The van der Waals surface area contributed by atoms with Gasteiger partial charge in [-0.2, -0.15) is 22.0 Å². The lowest BCUT2D eigenvalue weighted by Crippen LogP contribution is -2.59. The Bertz CT molecular complexity index is 772. The number of nitrogens with one attached hydrogen (secondary N) is 2. The summed E-state index contributed by atoms with van der Waals surface area (Å²) in [5, 5.41) is 3.18. The fourth-order valence-corrected chi connectivity index (χ4v) is 1.98. The number of nitrogens with zero attached hydrogens (tertiary/aromatic N) is 3. The minimum absolute atomic E-state index is 0.238. The van der Waals surface area contributed by atoms with Gasteiger partial charge in [0.25, 0.3) is 5.91 Å². The highest BCUT2D eigenvalue weighted by Crippen LogP contribution is 2.38.